The molecule has 0 aliphatic rings. The molecule has 0 saturated heterocycles. The number of nitrogens with zero attached hydrogens (tertiary/aromatic N) is 1. The van der Waals surface area contributed by atoms with Gasteiger partial charge in [-0.15, -0.1) is 0 Å². The van der Waals surface area contributed by atoms with Crippen molar-refractivity contribution in [1.82, 2.24) is 4.98 Å². The first-order chi connectivity index (χ1) is 13.2. The van der Waals surface area contributed by atoms with Crippen LogP contribution in [-0.4, -0.2) is 24.3 Å². The average Bonchev–Trinajstić information content (AvgIpc) is 2.73. The Bertz CT molecular complexity index is 1130. The Morgan fingerprint density at radius 1 is 0.852 bits per heavy atom. The molecule has 0 amide bonds. The first-order valence-corrected chi connectivity index (χ1v) is 8.64. The van der Waals surface area contributed by atoms with Crippen molar-refractivity contribution in [2.24, 2.45) is 0 Å². The molecule has 136 valence electrons. The summed E-state index contributed by atoms with van der Waals surface area (Å²) in [5, 5.41) is 14.9. The largest absolute Gasteiger partial charge is 0.497 e. The van der Waals surface area contributed by atoms with Crippen LogP contribution in [0.25, 0.3) is 21.8 Å². The maximum atomic E-state index is 9.43. The highest BCUT2D eigenvalue weighted by molar-refractivity contribution is 6.09. The predicted octanol–water partition coefficient (Wildman–Crippen LogP) is 4.64. The number of ether oxygens (including phenoxy) is 2. The van der Waals surface area contributed by atoms with Gasteiger partial charge in [-0.25, -0.2) is 4.98 Å². The highest BCUT2D eigenvalue weighted by Crippen LogP contribution is 2.36. The lowest BCUT2D eigenvalue weighted by molar-refractivity contribution is 0.282. The van der Waals surface area contributed by atoms with Crippen LogP contribution in [0.5, 0.6) is 11.5 Å². The molecule has 0 unspecified atom stereocenters. The van der Waals surface area contributed by atoms with Crippen molar-refractivity contribution in [2.45, 2.75) is 6.61 Å². The molecule has 0 aliphatic carbocycles. The van der Waals surface area contributed by atoms with E-state index >= 15 is 0 Å². The van der Waals surface area contributed by atoms with Crippen LogP contribution >= 0.6 is 0 Å². The van der Waals surface area contributed by atoms with Crippen LogP contribution in [0.3, 0.4) is 0 Å². The monoisotopic (exact) mass is 360 g/mol. The lowest BCUT2D eigenvalue weighted by Crippen LogP contribution is -1.97. The summed E-state index contributed by atoms with van der Waals surface area (Å²) >= 11 is 0. The van der Waals surface area contributed by atoms with Gasteiger partial charge >= 0.3 is 0 Å². The summed E-state index contributed by atoms with van der Waals surface area (Å²) < 4.78 is 10.8. The van der Waals surface area contributed by atoms with E-state index in [1.807, 2.05) is 60.7 Å². The fraction of sp³-hybridized carbons (Fsp3) is 0.136. The molecule has 4 aromatic rings. The molecule has 0 aliphatic heterocycles. The molecule has 0 spiro atoms. The first kappa shape index (κ1) is 17.1. The number of pyridine rings is 1. The summed E-state index contributed by atoms with van der Waals surface area (Å²) in [6, 6.07) is 19.4. The summed E-state index contributed by atoms with van der Waals surface area (Å²) in [7, 11) is 3.30. The molecule has 0 bridgehead atoms. The van der Waals surface area contributed by atoms with Gasteiger partial charge in [0.05, 0.1) is 37.5 Å². The van der Waals surface area contributed by atoms with Gasteiger partial charge in [0.25, 0.3) is 0 Å². The van der Waals surface area contributed by atoms with E-state index in [0.29, 0.717) is 0 Å². The van der Waals surface area contributed by atoms with Crippen LogP contribution in [0.15, 0.2) is 60.7 Å². The minimum atomic E-state index is -0.00160. The minimum Gasteiger partial charge on any atom is -0.497 e. The van der Waals surface area contributed by atoms with E-state index in [1.165, 1.54) is 0 Å². The maximum absolute atomic E-state index is 9.43. The number of aromatic nitrogens is 1. The highest BCUT2D eigenvalue weighted by Gasteiger charge is 2.12. The van der Waals surface area contributed by atoms with E-state index in [1.54, 1.807) is 14.2 Å². The van der Waals surface area contributed by atoms with Crippen LogP contribution in [0.2, 0.25) is 0 Å². The number of fused-ring (bicyclic) bond motifs is 2. The Hall–Kier alpha value is -3.31. The lowest BCUT2D eigenvalue weighted by atomic mass is 10.1. The number of anilines is 2. The first-order valence-electron chi connectivity index (χ1n) is 8.64. The number of aliphatic hydroxyl groups is 1. The van der Waals surface area contributed by atoms with Crippen molar-refractivity contribution in [3.05, 3.63) is 66.2 Å². The summed E-state index contributed by atoms with van der Waals surface area (Å²) in [5.74, 6) is 1.53. The number of benzene rings is 3. The van der Waals surface area contributed by atoms with Gasteiger partial charge in [-0.2, -0.15) is 0 Å². The zero-order valence-electron chi connectivity index (χ0n) is 15.2. The fourth-order valence-electron chi connectivity index (χ4n) is 3.18. The number of methoxy groups -OCH3 is 2. The van der Waals surface area contributed by atoms with E-state index in [9.17, 15) is 5.11 Å². The molecule has 0 atom stereocenters. The highest BCUT2D eigenvalue weighted by atomic mass is 16.5. The van der Waals surface area contributed by atoms with Gasteiger partial charge in [-0.1, -0.05) is 12.1 Å². The van der Waals surface area contributed by atoms with Crippen molar-refractivity contribution in [1.29, 1.82) is 0 Å². The second kappa shape index (κ2) is 7.13. The Morgan fingerprint density at radius 3 is 2.41 bits per heavy atom. The third kappa shape index (κ3) is 3.25. The third-order valence-electron chi connectivity index (χ3n) is 4.57. The normalized spacial score (nSPS) is 10.9. The summed E-state index contributed by atoms with van der Waals surface area (Å²) in [6.07, 6.45) is 0. The van der Waals surface area contributed by atoms with Crippen LogP contribution in [0.4, 0.5) is 11.4 Å². The average molecular weight is 360 g/mol. The summed E-state index contributed by atoms with van der Waals surface area (Å²) in [4.78, 5) is 4.78. The van der Waals surface area contributed by atoms with Crippen molar-refractivity contribution in [2.75, 3.05) is 19.5 Å². The van der Waals surface area contributed by atoms with Gasteiger partial charge in [-0.05, 0) is 48.0 Å². The summed E-state index contributed by atoms with van der Waals surface area (Å²) in [5.41, 5.74) is 4.38. The molecule has 5 heteroatoms. The number of aliphatic hydroxyl groups excluding tert-OH is 1. The SMILES string of the molecule is COc1ccc2c(Nc3cccc(CO)c3)c3cc(OC)ccc3nc2c1. The number of hydrogen-bond donors (Lipinski definition) is 2. The van der Waals surface area contributed by atoms with E-state index in [4.69, 9.17) is 14.5 Å². The van der Waals surface area contributed by atoms with Gasteiger partial charge in [0.15, 0.2) is 0 Å². The Balaban J connectivity index is 1.97. The standard InChI is InChI=1S/C22H20N2O3/c1-26-16-7-9-20-19(11-16)22(23-15-5-3-4-14(10-15)13-25)18-8-6-17(27-2)12-21(18)24-20/h3-12,25H,13H2,1-2H3,(H,23,24). The second-order valence-corrected chi connectivity index (χ2v) is 6.24. The molecule has 0 saturated carbocycles. The van der Waals surface area contributed by atoms with Crippen LogP contribution in [0.1, 0.15) is 5.56 Å². The van der Waals surface area contributed by atoms with Gasteiger partial charge < -0.3 is 19.9 Å². The van der Waals surface area contributed by atoms with Gasteiger partial charge in [0.2, 0.25) is 0 Å². The van der Waals surface area contributed by atoms with E-state index in [-0.39, 0.29) is 6.61 Å². The Morgan fingerprint density at radius 2 is 1.63 bits per heavy atom. The summed E-state index contributed by atoms with van der Waals surface area (Å²) in [6.45, 7) is -0.00160. The fourth-order valence-corrected chi connectivity index (χ4v) is 3.18. The molecule has 2 N–H and O–H groups in total. The van der Waals surface area contributed by atoms with Crippen molar-refractivity contribution in [3.8, 4) is 11.5 Å². The number of hydrogen-bond acceptors (Lipinski definition) is 5. The number of nitrogens with one attached hydrogen (secondary N) is 1. The molecule has 0 fully saturated rings. The maximum Gasteiger partial charge on any atom is 0.121 e. The van der Waals surface area contributed by atoms with Crippen molar-refractivity contribution >= 4 is 33.2 Å². The van der Waals surface area contributed by atoms with Gasteiger partial charge in [-0.3, -0.25) is 0 Å². The van der Waals surface area contributed by atoms with Crippen LogP contribution in [0, 0.1) is 0 Å². The molecule has 5 nitrogen and oxygen atoms in total. The van der Waals surface area contributed by atoms with Gasteiger partial charge in [0, 0.05) is 22.5 Å². The number of rotatable bonds is 5. The van der Waals surface area contributed by atoms with E-state index < -0.39 is 0 Å². The Labute approximate surface area is 157 Å². The molecular weight excluding hydrogens is 340 g/mol. The van der Waals surface area contributed by atoms with Crippen LogP contribution in [-0.2, 0) is 6.61 Å². The minimum absolute atomic E-state index is 0.00160. The molecule has 1 aromatic heterocycles. The molecule has 1 heterocycles. The third-order valence-corrected chi connectivity index (χ3v) is 4.57. The van der Waals surface area contributed by atoms with Crippen molar-refractivity contribution in [3.63, 3.8) is 0 Å². The molecule has 4 rings (SSSR count). The van der Waals surface area contributed by atoms with Crippen molar-refractivity contribution < 1.29 is 14.6 Å². The van der Waals surface area contributed by atoms with Gasteiger partial charge in [0.1, 0.15) is 11.5 Å². The molecular formula is C22H20N2O3. The predicted molar refractivity (Wildman–Crippen MR) is 108 cm³/mol. The lowest BCUT2D eigenvalue weighted by Gasteiger charge is -2.15. The topological polar surface area (TPSA) is 63.6 Å². The second-order valence-electron chi connectivity index (χ2n) is 6.24. The molecule has 27 heavy (non-hydrogen) atoms. The zero-order chi connectivity index (χ0) is 18.8. The van der Waals surface area contributed by atoms with Crippen LogP contribution < -0.4 is 14.8 Å². The van der Waals surface area contributed by atoms with E-state index in [0.717, 1.165) is 50.2 Å². The quantitative estimate of drug-likeness (QED) is 0.508. The molecule has 0 radical (unpaired) electrons. The smallest absolute Gasteiger partial charge is 0.121 e. The zero-order valence-corrected chi connectivity index (χ0v) is 15.2. The molecule has 3 aromatic carbocycles. The Kier molecular flexibility index (Phi) is 4.52. The van der Waals surface area contributed by atoms with E-state index in [2.05, 4.69) is 5.32 Å².